The van der Waals surface area contributed by atoms with Crippen LogP contribution in [-0.4, -0.2) is 6.54 Å². The molecule has 0 aromatic heterocycles. The Balaban J connectivity index is 2.05. The van der Waals surface area contributed by atoms with Crippen molar-refractivity contribution in [3.8, 4) is 5.75 Å². The highest BCUT2D eigenvalue weighted by molar-refractivity contribution is 14.1. The first-order chi connectivity index (χ1) is 10.2. The topological polar surface area (TPSA) is 21.3 Å². The number of rotatable bonds is 7. The van der Waals surface area contributed by atoms with Crippen LogP contribution in [0.4, 0.5) is 0 Å². The minimum Gasteiger partial charge on any atom is -0.488 e. The third-order valence-corrected chi connectivity index (χ3v) is 4.05. The Morgan fingerprint density at radius 1 is 1.10 bits per heavy atom. The number of para-hydroxylation sites is 1. The first-order valence-electron chi connectivity index (χ1n) is 7.37. The number of aryl methyl sites for hydroxylation is 1. The molecule has 0 heterocycles. The van der Waals surface area contributed by atoms with Gasteiger partial charge in [0.05, 0.1) is 0 Å². The molecule has 0 amide bonds. The van der Waals surface area contributed by atoms with Crippen molar-refractivity contribution >= 4 is 22.6 Å². The van der Waals surface area contributed by atoms with Gasteiger partial charge in [0.25, 0.3) is 0 Å². The van der Waals surface area contributed by atoms with Gasteiger partial charge in [0, 0.05) is 15.7 Å². The van der Waals surface area contributed by atoms with Crippen molar-refractivity contribution in [1.82, 2.24) is 5.32 Å². The third-order valence-electron chi connectivity index (χ3n) is 3.33. The van der Waals surface area contributed by atoms with Gasteiger partial charge in [-0.05, 0) is 65.7 Å². The Kier molecular flexibility index (Phi) is 6.51. The summed E-state index contributed by atoms with van der Waals surface area (Å²) < 4.78 is 7.33. The van der Waals surface area contributed by atoms with Gasteiger partial charge in [-0.1, -0.05) is 37.3 Å². The first-order valence-corrected chi connectivity index (χ1v) is 8.45. The lowest BCUT2D eigenvalue weighted by atomic mass is 10.1. The summed E-state index contributed by atoms with van der Waals surface area (Å²) in [5.41, 5.74) is 3.62. The minimum atomic E-state index is 0.614. The van der Waals surface area contributed by atoms with Crippen molar-refractivity contribution in [1.29, 1.82) is 0 Å². The average Bonchev–Trinajstić information content (AvgIpc) is 2.48. The summed E-state index contributed by atoms with van der Waals surface area (Å²) in [5, 5.41) is 3.44. The Labute approximate surface area is 141 Å². The van der Waals surface area contributed by atoms with E-state index >= 15 is 0 Å². The average molecular weight is 395 g/mol. The van der Waals surface area contributed by atoms with E-state index in [-0.39, 0.29) is 0 Å². The highest BCUT2D eigenvalue weighted by Crippen LogP contribution is 2.24. The van der Waals surface area contributed by atoms with Crippen molar-refractivity contribution in [3.63, 3.8) is 0 Å². The number of hydrogen-bond donors (Lipinski definition) is 1. The van der Waals surface area contributed by atoms with E-state index in [9.17, 15) is 0 Å². The van der Waals surface area contributed by atoms with Crippen LogP contribution in [-0.2, 0) is 13.2 Å². The van der Waals surface area contributed by atoms with Gasteiger partial charge in [-0.3, -0.25) is 0 Å². The van der Waals surface area contributed by atoms with Gasteiger partial charge >= 0.3 is 0 Å². The molecule has 0 aliphatic carbocycles. The number of ether oxygens (including phenoxy) is 1. The summed E-state index contributed by atoms with van der Waals surface area (Å²) in [7, 11) is 0. The maximum absolute atomic E-state index is 6.08. The largest absolute Gasteiger partial charge is 0.488 e. The van der Waals surface area contributed by atoms with Gasteiger partial charge in [0.1, 0.15) is 12.4 Å². The van der Waals surface area contributed by atoms with Crippen LogP contribution in [0, 0.1) is 10.5 Å². The van der Waals surface area contributed by atoms with E-state index in [1.807, 2.05) is 0 Å². The maximum atomic E-state index is 6.08. The van der Waals surface area contributed by atoms with Crippen molar-refractivity contribution in [2.45, 2.75) is 33.4 Å². The van der Waals surface area contributed by atoms with E-state index in [0.717, 1.165) is 25.3 Å². The molecule has 0 spiro atoms. The predicted molar refractivity (Wildman–Crippen MR) is 96.7 cm³/mol. The lowest BCUT2D eigenvalue weighted by molar-refractivity contribution is 0.300. The van der Waals surface area contributed by atoms with E-state index in [1.54, 1.807) is 0 Å². The van der Waals surface area contributed by atoms with Crippen LogP contribution in [0.1, 0.15) is 30.0 Å². The van der Waals surface area contributed by atoms with Crippen LogP contribution in [0.3, 0.4) is 0 Å². The molecule has 0 radical (unpaired) electrons. The van der Waals surface area contributed by atoms with Crippen molar-refractivity contribution in [2.24, 2.45) is 0 Å². The summed E-state index contributed by atoms with van der Waals surface area (Å²) in [5.74, 6) is 1.01. The Morgan fingerprint density at radius 2 is 1.86 bits per heavy atom. The molecule has 1 N–H and O–H groups in total. The monoisotopic (exact) mass is 395 g/mol. The molecule has 0 fully saturated rings. The predicted octanol–water partition coefficient (Wildman–Crippen LogP) is 4.68. The van der Waals surface area contributed by atoms with Crippen LogP contribution in [0.25, 0.3) is 0 Å². The van der Waals surface area contributed by atoms with E-state index in [1.165, 1.54) is 20.3 Å². The summed E-state index contributed by atoms with van der Waals surface area (Å²) >= 11 is 2.32. The van der Waals surface area contributed by atoms with Crippen molar-refractivity contribution < 1.29 is 4.74 Å². The lowest BCUT2D eigenvalue weighted by Gasteiger charge is -2.15. The summed E-state index contributed by atoms with van der Waals surface area (Å²) in [6.45, 7) is 6.79. The van der Waals surface area contributed by atoms with E-state index in [2.05, 4.69) is 84.2 Å². The molecular weight excluding hydrogens is 373 g/mol. The molecule has 0 saturated carbocycles. The second-order valence-electron chi connectivity index (χ2n) is 5.16. The van der Waals surface area contributed by atoms with Gasteiger partial charge in [-0.25, -0.2) is 0 Å². The summed E-state index contributed by atoms with van der Waals surface area (Å²) in [4.78, 5) is 0. The zero-order chi connectivity index (χ0) is 15.1. The molecule has 112 valence electrons. The van der Waals surface area contributed by atoms with Gasteiger partial charge in [0.2, 0.25) is 0 Å². The van der Waals surface area contributed by atoms with Crippen LogP contribution < -0.4 is 10.1 Å². The first kappa shape index (κ1) is 16.3. The Hall–Kier alpha value is -1.07. The van der Waals surface area contributed by atoms with Crippen LogP contribution in [0.2, 0.25) is 0 Å². The van der Waals surface area contributed by atoms with E-state index in [4.69, 9.17) is 4.74 Å². The number of hydrogen-bond acceptors (Lipinski definition) is 2. The van der Waals surface area contributed by atoms with Crippen LogP contribution in [0.15, 0.2) is 42.5 Å². The fourth-order valence-electron chi connectivity index (χ4n) is 2.19. The molecule has 2 aromatic rings. The highest BCUT2D eigenvalue weighted by atomic mass is 127. The summed E-state index contributed by atoms with van der Waals surface area (Å²) in [6, 6.07) is 14.8. The SMILES string of the molecule is CCCNCc1cccc(C)c1OCc1ccc(I)cc1. The lowest BCUT2D eigenvalue weighted by Crippen LogP contribution is -2.15. The Bertz CT molecular complexity index is 566. The summed E-state index contributed by atoms with van der Waals surface area (Å²) in [6.07, 6.45) is 1.14. The highest BCUT2D eigenvalue weighted by Gasteiger charge is 2.07. The molecule has 21 heavy (non-hydrogen) atoms. The molecule has 2 aromatic carbocycles. The van der Waals surface area contributed by atoms with Crippen molar-refractivity contribution in [2.75, 3.05) is 6.54 Å². The number of nitrogens with one attached hydrogen (secondary N) is 1. The molecule has 2 nitrogen and oxygen atoms in total. The van der Waals surface area contributed by atoms with Crippen LogP contribution >= 0.6 is 22.6 Å². The standard InChI is InChI=1S/C18H22INO/c1-3-11-20-12-16-6-4-5-14(2)18(16)21-13-15-7-9-17(19)10-8-15/h4-10,20H,3,11-13H2,1-2H3. The normalized spacial score (nSPS) is 10.6. The minimum absolute atomic E-state index is 0.614. The molecule has 0 aliphatic heterocycles. The zero-order valence-electron chi connectivity index (χ0n) is 12.7. The van der Waals surface area contributed by atoms with Crippen molar-refractivity contribution in [3.05, 3.63) is 62.7 Å². The fourth-order valence-corrected chi connectivity index (χ4v) is 2.55. The fraction of sp³-hybridized carbons (Fsp3) is 0.333. The van der Waals surface area contributed by atoms with Gasteiger partial charge in [-0.2, -0.15) is 0 Å². The maximum Gasteiger partial charge on any atom is 0.127 e. The van der Waals surface area contributed by atoms with Crippen LogP contribution in [0.5, 0.6) is 5.75 Å². The van der Waals surface area contributed by atoms with E-state index < -0.39 is 0 Å². The molecule has 0 bridgehead atoms. The molecule has 3 heteroatoms. The number of halogens is 1. The van der Waals surface area contributed by atoms with Gasteiger partial charge in [0.15, 0.2) is 0 Å². The molecule has 0 aliphatic rings. The molecule has 0 unspecified atom stereocenters. The second kappa shape index (κ2) is 8.39. The van der Waals surface area contributed by atoms with E-state index in [0.29, 0.717) is 6.61 Å². The zero-order valence-corrected chi connectivity index (χ0v) is 14.8. The number of benzene rings is 2. The third kappa shape index (κ3) is 5.00. The van der Waals surface area contributed by atoms with Gasteiger partial charge < -0.3 is 10.1 Å². The molecule has 0 saturated heterocycles. The molecular formula is C18H22INO. The Morgan fingerprint density at radius 3 is 2.57 bits per heavy atom. The smallest absolute Gasteiger partial charge is 0.127 e. The molecule has 2 rings (SSSR count). The van der Waals surface area contributed by atoms with Gasteiger partial charge in [-0.15, -0.1) is 0 Å². The molecule has 0 atom stereocenters. The quantitative estimate of drug-likeness (QED) is 0.543. The second-order valence-corrected chi connectivity index (χ2v) is 6.40.